The van der Waals surface area contributed by atoms with Gasteiger partial charge in [-0.15, -0.1) is 0 Å². The molecule has 0 saturated heterocycles. The second-order valence-corrected chi connectivity index (χ2v) is 5.70. The average molecular weight is 310 g/mol. The van der Waals surface area contributed by atoms with Crippen molar-refractivity contribution in [1.29, 1.82) is 0 Å². The number of hydrogen-bond acceptors (Lipinski definition) is 3. The molecule has 1 aromatic heterocycles. The highest BCUT2D eigenvalue weighted by Crippen LogP contribution is 2.27. The van der Waals surface area contributed by atoms with Crippen molar-refractivity contribution < 1.29 is 4.74 Å². The lowest BCUT2D eigenvalue weighted by atomic mass is 10.1. The van der Waals surface area contributed by atoms with Crippen LogP contribution in [0.1, 0.15) is 5.56 Å². The molecule has 0 radical (unpaired) electrons. The van der Waals surface area contributed by atoms with Crippen molar-refractivity contribution >= 4 is 11.8 Å². The molecule has 0 aliphatic rings. The van der Waals surface area contributed by atoms with Gasteiger partial charge in [0.15, 0.2) is 5.16 Å². The molecular weight excluding hydrogens is 292 g/mol. The van der Waals surface area contributed by atoms with Crippen molar-refractivity contribution in [3.63, 3.8) is 0 Å². The second-order valence-electron chi connectivity index (χ2n) is 4.93. The summed E-state index contributed by atoms with van der Waals surface area (Å²) in [5.41, 5.74) is 3.53. The molecule has 3 aromatic rings. The van der Waals surface area contributed by atoms with Crippen LogP contribution in [0.15, 0.2) is 66.0 Å². The highest BCUT2D eigenvalue weighted by atomic mass is 32.2. The van der Waals surface area contributed by atoms with Crippen LogP contribution in [0.5, 0.6) is 5.75 Å². The number of methoxy groups -OCH3 is 1. The quantitative estimate of drug-likeness (QED) is 0.656. The largest absolute Gasteiger partial charge is 0.497 e. The van der Waals surface area contributed by atoms with E-state index in [0.717, 1.165) is 28.7 Å². The lowest BCUT2D eigenvalue weighted by Crippen LogP contribution is -2.03. The summed E-state index contributed by atoms with van der Waals surface area (Å²) in [6.07, 6.45) is 4.00. The highest BCUT2D eigenvalue weighted by Gasteiger charge is 2.11. The minimum absolute atomic E-state index is 0.818. The third-order valence-corrected chi connectivity index (χ3v) is 4.26. The zero-order valence-electron chi connectivity index (χ0n) is 12.7. The van der Waals surface area contributed by atoms with E-state index in [-0.39, 0.29) is 0 Å². The van der Waals surface area contributed by atoms with Crippen LogP contribution in [-0.2, 0) is 6.54 Å². The Balaban J connectivity index is 1.99. The third-order valence-electron chi connectivity index (χ3n) is 3.57. The van der Waals surface area contributed by atoms with Gasteiger partial charge in [0.1, 0.15) is 5.75 Å². The summed E-state index contributed by atoms with van der Waals surface area (Å²) in [4.78, 5) is 4.54. The Kier molecular flexibility index (Phi) is 4.49. The second kappa shape index (κ2) is 6.71. The van der Waals surface area contributed by atoms with Gasteiger partial charge in [-0.2, -0.15) is 0 Å². The molecule has 0 spiro atoms. The number of rotatable bonds is 5. The monoisotopic (exact) mass is 310 g/mol. The molecule has 0 aliphatic heterocycles. The first-order valence-electron chi connectivity index (χ1n) is 7.09. The average Bonchev–Trinajstić information content (AvgIpc) is 2.98. The van der Waals surface area contributed by atoms with Gasteiger partial charge in [0, 0.05) is 5.56 Å². The number of hydrogen-bond donors (Lipinski definition) is 0. The minimum Gasteiger partial charge on any atom is -0.497 e. The molecular formula is C18H18N2OS. The number of aromatic nitrogens is 2. The minimum atomic E-state index is 0.818. The number of thioether (sulfide) groups is 1. The number of benzene rings is 2. The van der Waals surface area contributed by atoms with Crippen molar-refractivity contribution in [2.75, 3.05) is 13.4 Å². The number of ether oxygens (including phenoxy) is 1. The van der Waals surface area contributed by atoms with Crippen LogP contribution in [-0.4, -0.2) is 22.9 Å². The maximum Gasteiger partial charge on any atom is 0.168 e. The molecule has 0 unspecified atom stereocenters. The van der Waals surface area contributed by atoms with Crippen molar-refractivity contribution in [3.05, 3.63) is 66.4 Å². The van der Waals surface area contributed by atoms with E-state index < -0.39 is 0 Å². The van der Waals surface area contributed by atoms with Crippen molar-refractivity contribution in [2.24, 2.45) is 0 Å². The Morgan fingerprint density at radius 2 is 1.77 bits per heavy atom. The van der Waals surface area contributed by atoms with Gasteiger partial charge >= 0.3 is 0 Å². The van der Waals surface area contributed by atoms with E-state index in [1.54, 1.807) is 18.9 Å². The fraction of sp³-hybridized carbons (Fsp3) is 0.167. The predicted octanol–water partition coefficient (Wildman–Crippen LogP) is 4.33. The van der Waals surface area contributed by atoms with Crippen molar-refractivity contribution in [1.82, 2.24) is 9.55 Å². The Morgan fingerprint density at radius 1 is 1.05 bits per heavy atom. The van der Waals surface area contributed by atoms with Gasteiger partial charge in [-0.05, 0) is 36.1 Å². The number of imidazole rings is 1. The van der Waals surface area contributed by atoms with Crippen LogP contribution in [0.25, 0.3) is 11.3 Å². The molecule has 0 N–H and O–H groups in total. The maximum atomic E-state index is 5.23. The fourth-order valence-corrected chi connectivity index (χ4v) is 2.97. The lowest BCUT2D eigenvalue weighted by molar-refractivity contribution is 0.415. The molecule has 3 nitrogen and oxygen atoms in total. The molecule has 0 saturated carbocycles. The van der Waals surface area contributed by atoms with E-state index in [2.05, 4.69) is 52.2 Å². The lowest BCUT2D eigenvalue weighted by Gasteiger charge is -2.11. The topological polar surface area (TPSA) is 27.1 Å². The summed E-state index contributed by atoms with van der Waals surface area (Å²) in [7, 11) is 1.68. The first-order valence-corrected chi connectivity index (χ1v) is 8.32. The first-order chi connectivity index (χ1) is 10.8. The molecule has 112 valence electrons. The summed E-state index contributed by atoms with van der Waals surface area (Å²) >= 11 is 1.66. The van der Waals surface area contributed by atoms with Gasteiger partial charge < -0.3 is 9.30 Å². The summed E-state index contributed by atoms with van der Waals surface area (Å²) in [5, 5.41) is 1.02. The Labute approximate surface area is 135 Å². The molecule has 3 rings (SSSR count). The van der Waals surface area contributed by atoms with E-state index in [0.29, 0.717) is 0 Å². The van der Waals surface area contributed by atoms with E-state index in [4.69, 9.17) is 4.74 Å². The Bertz CT molecular complexity index is 736. The maximum absolute atomic E-state index is 5.23. The van der Waals surface area contributed by atoms with Crippen molar-refractivity contribution in [3.8, 4) is 17.0 Å². The van der Waals surface area contributed by atoms with Crippen LogP contribution in [0.2, 0.25) is 0 Å². The van der Waals surface area contributed by atoms with E-state index in [1.165, 1.54) is 5.56 Å². The Morgan fingerprint density at radius 3 is 2.41 bits per heavy atom. The zero-order chi connectivity index (χ0) is 15.4. The van der Waals surface area contributed by atoms with Gasteiger partial charge in [-0.3, -0.25) is 0 Å². The summed E-state index contributed by atoms with van der Waals surface area (Å²) < 4.78 is 7.48. The van der Waals surface area contributed by atoms with Crippen LogP contribution in [0.3, 0.4) is 0 Å². The smallest absolute Gasteiger partial charge is 0.168 e. The van der Waals surface area contributed by atoms with Crippen LogP contribution >= 0.6 is 11.8 Å². The molecule has 0 fully saturated rings. The Hall–Kier alpha value is -2.20. The van der Waals surface area contributed by atoms with Gasteiger partial charge in [0.2, 0.25) is 0 Å². The van der Waals surface area contributed by atoms with Crippen molar-refractivity contribution in [2.45, 2.75) is 11.7 Å². The van der Waals surface area contributed by atoms with Crippen LogP contribution in [0, 0.1) is 0 Å². The molecule has 0 aliphatic carbocycles. The fourth-order valence-electron chi connectivity index (χ4n) is 2.43. The third kappa shape index (κ3) is 3.02. The van der Waals surface area contributed by atoms with Crippen LogP contribution < -0.4 is 4.74 Å². The molecule has 1 heterocycles. The SMILES string of the molecule is COc1ccc(-c2cnc(SC)n2Cc2ccccc2)cc1. The molecule has 2 aromatic carbocycles. The first kappa shape index (κ1) is 14.7. The zero-order valence-corrected chi connectivity index (χ0v) is 13.5. The molecule has 22 heavy (non-hydrogen) atoms. The normalized spacial score (nSPS) is 10.6. The van der Waals surface area contributed by atoms with Gasteiger partial charge in [0.25, 0.3) is 0 Å². The molecule has 0 amide bonds. The summed E-state index contributed by atoms with van der Waals surface area (Å²) in [6, 6.07) is 18.6. The van der Waals surface area contributed by atoms with E-state index in [9.17, 15) is 0 Å². The number of nitrogens with zero attached hydrogens (tertiary/aromatic N) is 2. The summed E-state index contributed by atoms with van der Waals surface area (Å²) in [6.45, 7) is 0.818. The van der Waals surface area contributed by atoms with Gasteiger partial charge in [-0.25, -0.2) is 4.98 Å². The van der Waals surface area contributed by atoms with E-state index >= 15 is 0 Å². The molecule has 0 bridgehead atoms. The summed E-state index contributed by atoms with van der Waals surface area (Å²) in [5.74, 6) is 0.864. The van der Waals surface area contributed by atoms with Gasteiger partial charge in [-0.1, -0.05) is 42.1 Å². The standard InChI is InChI=1S/C18H18N2OS/c1-21-16-10-8-15(9-11-16)17-12-19-18(22-2)20(17)13-14-6-4-3-5-7-14/h3-12H,13H2,1-2H3. The molecule has 0 atom stereocenters. The van der Waals surface area contributed by atoms with Gasteiger partial charge in [0.05, 0.1) is 25.5 Å². The molecule has 4 heteroatoms. The predicted molar refractivity (Wildman–Crippen MR) is 91.5 cm³/mol. The highest BCUT2D eigenvalue weighted by molar-refractivity contribution is 7.98. The van der Waals surface area contributed by atoms with E-state index in [1.807, 2.05) is 24.4 Å². The van der Waals surface area contributed by atoms with Crippen LogP contribution in [0.4, 0.5) is 0 Å².